The first-order valence-corrected chi connectivity index (χ1v) is 6.25. The minimum atomic E-state index is 0.514. The molecule has 0 aromatic rings. The molecule has 2 nitrogen and oxygen atoms in total. The predicted molar refractivity (Wildman–Crippen MR) is 72.7 cm³/mol. The van der Waals surface area contributed by atoms with E-state index in [4.69, 9.17) is 0 Å². The highest BCUT2D eigenvalue weighted by Crippen LogP contribution is 1.91. The molecule has 0 amide bonds. The van der Waals surface area contributed by atoms with Gasteiger partial charge in [0, 0.05) is 13.0 Å². The molecular weight excluding hydrogens is 198 g/mol. The number of hydrogen-bond donors (Lipinski definition) is 0. The SMILES string of the molecule is CC.CCCN(C)CC/C=C\C=C/CC=O. The molecule has 0 aliphatic heterocycles. The molecule has 0 saturated heterocycles. The molecular formula is C14H27NO. The van der Waals surface area contributed by atoms with Crippen LogP contribution in [-0.2, 0) is 4.79 Å². The van der Waals surface area contributed by atoms with Crippen LogP contribution in [0.4, 0.5) is 0 Å². The lowest BCUT2D eigenvalue weighted by Crippen LogP contribution is -2.19. The van der Waals surface area contributed by atoms with E-state index in [0.717, 1.165) is 25.8 Å². The summed E-state index contributed by atoms with van der Waals surface area (Å²) in [6, 6.07) is 0. The number of allylic oxidation sites excluding steroid dienone is 3. The third-order valence-electron chi connectivity index (χ3n) is 1.90. The van der Waals surface area contributed by atoms with Crippen molar-refractivity contribution in [2.75, 3.05) is 20.1 Å². The van der Waals surface area contributed by atoms with E-state index in [1.54, 1.807) is 0 Å². The molecule has 0 aromatic carbocycles. The Hall–Kier alpha value is -0.890. The minimum absolute atomic E-state index is 0.514. The summed E-state index contributed by atoms with van der Waals surface area (Å²) in [7, 11) is 2.14. The zero-order valence-electron chi connectivity index (χ0n) is 11.3. The zero-order chi connectivity index (χ0) is 12.6. The van der Waals surface area contributed by atoms with Crippen LogP contribution in [0.25, 0.3) is 0 Å². The first kappa shape index (κ1) is 17.5. The van der Waals surface area contributed by atoms with Crippen molar-refractivity contribution in [1.29, 1.82) is 0 Å². The van der Waals surface area contributed by atoms with Crippen LogP contribution in [-0.4, -0.2) is 31.3 Å². The molecule has 0 saturated carbocycles. The second-order valence-electron chi connectivity index (χ2n) is 3.35. The average molecular weight is 225 g/mol. The van der Waals surface area contributed by atoms with Crippen molar-refractivity contribution in [3.05, 3.63) is 24.3 Å². The normalized spacial score (nSPS) is 10.8. The summed E-state index contributed by atoms with van der Waals surface area (Å²) in [5, 5.41) is 0. The average Bonchev–Trinajstić information content (AvgIpc) is 2.31. The van der Waals surface area contributed by atoms with Crippen molar-refractivity contribution in [2.45, 2.75) is 40.0 Å². The van der Waals surface area contributed by atoms with Crippen molar-refractivity contribution in [2.24, 2.45) is 0 Å². The maximum Gasteiger partial charge on any atom is 0.123 e. The van der Waals surface area contributed by atoms with E-state index in [1.165, 1.54) is 6.42 Å². The van der Waals surface area contributed by atoms with Crippen LogP contribution in [0.2, 0.25) is 0 Å². The maximum atomic E-state index is 9.97. The van der Waals surface area contributed by atoms with Gasteiger partial charge in [0.1, 0.15) is 6.29 Å². The van der Waals surface area contributed by atoms with Gasteiger partial charge in [-0.3, -0.25) is 0 Å². The predicted octanol–water partition coefficient (Wildman–Crippen LogP) is 3.45. The number of carbonyl (C=O) groups is 1. The molecule has 0 bridgehead atoms. The number of hydrogen-bond acceptors (Lipinski definition) is 2. The lowest BCUT2D eigenvalue weighted by atomic mass is 10.3. The topological polar surface area (TPSA) is 20.3 Å². The fourth-order valence-electron chi connectivity index (χ4n) is 1.18. The quantitative estimate of drug-likeness (QED) is 0.466. The first-order chi connectivity index (χ1) is 7.81. The molecule has 0 unspecified atom stereocenters. The molecule has 0 aliphatic rings. The maximum absolute atomic E-state index is 9.97. The summed E-state index contributed by atoms with van der Waals surface area (Å²) in [6.07, 6.45) is 11.6. The fraction of sp³-hybridized carbons (Fsp3) is 0.643. The van der Waals surface area contributed by atoms with E-state index in [2.05, 4.69) is 24.9 Å². The summed E-state index contributed by atoms with van der Waals surface area (Å²) in [4.78, 5) is 12.3. The Labute approximate surface area is 101 Å². The third kappa shape index (κ3) is 15.6. The van der Waals surface area contributed by atoms with Crippen LogP contribution in [0.5, 0.6) is 0 Å². The molecule has 0 heterocycles. The highest BCUT2D eigenvalue weighted by Gasteiger charge is 1.91. The van der Waals surface area contributed by atoms with Crippen LogP contribution in [0.1, 0.15) is 40.0 Å². The van der Waals surface area contributed by atoms with E-state index in [-0.39, 0.29) is 0 Å². The van der Waals surface area contributed by atoms with Gasteiger partial charge in [-0.05, 0) is 26.4 Å². The fourth-order valence-corrected chi connectivity index (χ4v) is 1.18. The van der Waals surface area contributed by atoms with Gasteiger partial charge in [0.2, 0.25) is 0 Å². The van der Waals surface area contributed by atoms with Crippen molar-refractivity contribution < 1.29 is 4.79 Å². The molecule has 0 rings (SSSR count). The van der Waals surface area contributed by atoms with Gasteiger partial charge in [0.15, 0.2) is 0 Å². The van der Waals surface area contributed by atoms with E-state index >= 15 is 0 Å². The molecule has 2 heteroatoms. The molecule has 16 heavy (non-hydrogen) atoms. The Morgan fingerprint density at radius 2 is 1.69 bits per heavy atom. The third-order valence-corrected chi connectivity index (χ3v) is 1.90. The molecule has 0 aromatic heterocycles. The van der Waals surface area contributed by atoms with E-state index in [1.807, 2.05) is 32.1 Å². The summed E-state index contributed by atoms with van der Waals surface area (Å²) in [5.41, 5.74) is 0. The Bertz CT molecular complexity index is 185. The highest BCUT2D eigenvalue weighted by atomic mass is 16.1. The van der Waals surface area contributed by atoms with E-state index in [9.17, 15) is 4.79 Å². The van der Waals surface area contributed by atoms with Gasteiger partial charge in [-0.15, -0.1) is 0 Å². The summed E-state index contributed by atoms with van der Waals surface area (Å²) in [6.45, 7) is 8.45. The van der Waals surface area contributed by atoms with Crippen molar-refractivity contribution in [1.82, 2.24) is 4.90 Å². The Morgan fingerprint density at radius 3 is 2.25 bits per heavy atom. The Morgan fingerprint density at radius 1 is 1.06 bits per heavy atom. The minimum Gasteiger partial charge on any atom is -0.306 e. The van der Waals surface area contributed by atoms with Crippen molar-refractivity contribution >= 4 is 6.29 Å². The Balaban J connectivity index is 0. The standard InChI is InChI=1S/C12H21NO.C2H6/c1-3-10-13(2)11-8-6-4-5-7-9-12-14;1-2/h4-7,12H,3,8-11H2,1-2H3;1-2H3/b6-4-,7-5-;. The van der Waals surface area contributed by atoms with Gasteiger partial charge in [0.25, 0.3) is 0 Å². The van der Waals surface area contributed by atoms with Crippen molar-refractivity contribution in [3.63, 3.8) is 0 Å². The molecule has 0 fully saturated rings. The molecule has 0 aliphatic carbocycles. The highest BCUT2D eigenvalue weighted by molar-refractivity contribution is 5.52. The molecule has 0 radical (unpaired) electrons. The number of rotatable bonds is 8. The van der Waals surface area contributed by atoms with Crippen LogP contribution < -0.4 is 0 Å². The smallest absolute Gasteiger partial charge is 0.123 e. The second-order valence-corrected chi connectivity index (χ2v) is 3.35. The summed E-state index contributed by atoms with van der Waals surface area (Å²) < 4.78 is 0. The monoisotopic (exact) mass is 225 g/mol. The number of aldehydes is 1. The zero-order valence-corrected chi connectivity index (χ0v) is 11.3. The van der Waals surface area contributed by atoms with Crippen LogP contribution in [0.15, 0.2) is 24.3 Å². The molecule has 0 N–H and O–H groups in total. The lowest BCUT2D eigenvalue weighted by Gasteiger charge is -2.13. The van der Waals surface area contributed by atoms with E-state index in [0.29, 0.717) is 6.42 Å². The first-order valence-electron chi connectivity index (χ1n) is 6.25. The van der Waals surface area contributed by atoms with Crippen LogP contribution in [0, 0.1) is 0 Å². The summed E-state index contributed by atoms with van der Waals surface area (Å²) in [5.74, 6) is 0. The number of nitrogens with zero attached hydrogens (tertiary/aromatic N) is 1. The summed E-state index contributed by atoms with van der Waals surface area (Å²) >= 11 is 0. The molecule has 94 valence electrons. The van der Waals surface area contributed by atoms with Crippen LogP contribution in [0.3, 0.4) is 0 Å². The van der Waals surface area contributed by atoms with Crippen LogP contribution >= 0.6 is 0 Å². The van der Waals surface area contributed by atoms with Gasteiger partial charge in [-0.1, -0.05) is 45.1 Å². The lowest BCUT2D eigenvalue weighted by molar-refractivity contribution is -0.107. The second kappa shape index (κ2) is 16.5. The molecule has 0 atom stereocenters. The van der Waals surface area contributed by atoms with Crippen molar-refractivity contribution in [3.8, 4) is 0 Å². The van der Waals surface area contributed by atoms with Gasteiger partial charge in [-0.2, -0.15) is 0 Å². The largest absolute Gasteiger partial charge is 0.306 e. The van der Waals surface area contributed by atoms with Gasteiger partial charge < -0.3 is 9.69 Å². The van der Waals surface area contributed by atoms with Gasteiger partial charge in [0.05, 0.1) is 0 Å². The Kier molecular flexibility index (Phi) is 18.1. The van der Waals surface area contributed by atoms with E-state index < -0.39 is 0 Å². The van der Waals surface area contributed by atoms with Gasteiger partial charge in [-0.25, -0.2) is 0 Å². The van der Waals surface area contributed by atoms with Gasteiger partial charge >= 0.3 is 0 Å². The number of carbonyl (C=O) groups excluding carboxylic acids is 1. The molecule has 0 spiro atoms.